The summed E-state index contributed by atoms with van der Waals surface area (Å²) < 4.78 is 5.74. The van der Waals surface area contributed by atoms with Crippen LogP contribution in [0.25, 0.3) is 11.0 Å². The molecule has 1 atom stereocenters. The molecule has 2 aromatic carbocycles. The number of fused-ring (bicyclic) bond motifs is 1. The van der Waals surface area contributed by atoms with Crippen molar-refractivity contribution in [3.8, 4) is 0 Å². The van der Waals surface area contributed by atoms with Crippen molar-refractivity contribution in [3.05, 3.63) is 80.7 Å². The summed E-state index contributed by atoms with van der Waals surface area (Å²) in [7, 11) is 0. The molecule has 30 heavy (non-hydrogen) atoms. The molecular weight excluding hydrogens is 400 g/mol. The summed E-state index contributed by atoms with van der Waals surface area (Å²) in [5.74, 6) is -0.349. The normalized spacial score (nSPS) is 15.8. The number of carbonyl (C=O) groups is 1. The average Bonchev–Trinajstić information content (AvgIpc) is 2.75. The molecule has 1 aliphatic heterocycles. The number of rotatable bonds is 5. The van der Waals surface area contributed by atoms with Gasteiger partial charge in [0.25, 0.3) is 5.91 Å². The van der Waals surface area contributed by atoms with Gasteiger partial charge in [0.15, 0.2) is 11.2 Å². The quantitative estimate of drug-likeness (QED) is 0.644. The summed E-state index contributed by atoms with van der Waals surface area (Å²) in [4.78, 5) is 27.6. The van der Waals surface area contributed by atoms with Gasteiger partial charge in [-0.3, -0.25) is 14.5 Å². The van der Waals surface area contributed by atoms with Crippen molar-refractivity contribution in [1.29, 1.82) is 0 Å². The van der Waals surface area contributed by atoms with Crippen molar-refractivity contribution in [1.82, 2.24) is 10.2 Å². The van der Waals surface area contributed by atoms with E-state index in [1.807, 2.05) is 37.3 Å². The molecule has 2 heterocycles. The van der Waals surface area contributed by atoms with Gasteiger partial charge in [-0.15, -0.1) is 0 Å². The molecule has 0 radical (unpaired) electrons. The number of carbonyl (C=O) groups excluding carboxylic acids is 1. The molecule has 0 saturated carbocycles. The Morgan fingerprint density at radius 2 is 1.83 bits per heavy atom. The van der Waals surface area contributed by atoms with Gasteiger partial charge in [-0.25, -0.2) is 0 Å². The van der Waals surface area contributed by atoms with E-state index in [9.17, 15) is 9.59 Å². The highest BCUT2D eigenvalue weighted by Gasteiger charge is 2.23. The van der Waals surface area contributed by atoms with E-state index in [-0.39, 0.29) is 23.1 Å². The second kappa shape index (κ2) is 9.02. The number of hydrogen-bond donors (Lipinski definition) is 1. The Kier molecular flexibility index (Phi) is 6.21. The van der Waals surface area contributed by atoms with Gasteiger partial charge in [-0.1, -0.05) is 36.2 Å². The number of nitrogens with one attached hydrogen (secondary N) is 1. The standard InChI is InChI=1S/C24H25ClN2O3/c1-16-5-10-19-21(28)14-23(30-22(19)13-16)24(29)26-15-20(27-11-3-2-4-12-27)17-6-8-18(25)9-7-17/h5-10,13-14,20H,2-4,11-12,15H2,1H3,(H,26,29)/t20-/m1/s1. The van der Waals surface area contributed by atoms with Gasteiger partial charge < -0.3 is 9.73 Å². The molecule has 0 bridgehead atoms. The van der Waals surface area contributed by atoms with E-state index in [4.69, 9.17) is 16.0 Å². The lowest BCUT2D eigenvalue weighted by Crippen LogP contribution is -2.40. The van der Waals surface area contributed by atoms with Gasteiger partial charge in [0.2, 0.25) is 0 Å². The first kappa shape index (κ1) is 20.6. The van der Waals surface area contributed by atoms with Crippen LogP contribution < -0.4 is 10.7 Å². The average molecular weight is 425 g/mol. The minimum atomic E-state index is -0.383. The van der Waals surface area contributed by atoms with Crippen molar-refractivity contribution in [2.24, 2.45) is 0 Å². The molecule has 1 amide bonds. The summed E-state index contributed by atoms with van der Waals surface area (Å²) in [5, 5.41) is 4.13. The molecule has 0 aliphatic carbocycles. The summed E-state index contributed by atoms with van der Waals surface area (Å²) in [6, 6.07) is 14.4. The van der Waals surface area contributed by atoms with Crippen LogP contribution in [0.1, 0.15) is 47.0 Å². The lowest BCUT2D eigenvalue weighted by atomic mass is 10.0. The van der Waals surface area contributed by atoms with Crippen LogP contribution in [0.5, 0.6) is 0 Å². The van der Waals surface area contributed by atoms with Crippen molar-refractivity contribution in [3.63, 3.8) is 0 Å². The molecule has 1 aliphatic rings. The number of likely N-dealkylation sites (tertiary alicyclic amines) is 1. The SMILES string of the molecule is Cc1ccc2c(=O)cc(C(=O)NC[C@H](c3ccc(Cl)cc3)N3CCCCC3)oc2c1. The van der Waals surface area contributed by atoms with Crippen LogP contribution in [0.4, 0.5) is 0 Å². The second-order valence-electron chi connectivity index (χ2n) is 7.85. The molecule has 156 valence electrons. The Bertz CT molecular complexity index is 1100. The Balaban J connectivity index is 1.55. The Labute approximate surface area is 180 Å². The van der Waals surface area contributed by atoms with E-state index in [1.165, 1.54) is 12.5 Å². The van der Waals surface area contributed by atoms with Crippen LogP contribution in [0.3, 0.4) is 0 Å². The van der Waals surface area contributed by atoms with Gasteiger partial charge >= 0.3 is 0 Å². The fourth-order valence-corrected chi connectivity index (χ4v) is 4.15. The van der Waals surface area contributed by atoms with Gasteiger partial charge in [-0.2, -0.15) is 0 Å². The predicted octanol–water partition coefficient (Wildman–Crippen LogP) is 4.71. The molecule has 4 rings (SSSR count). The highest BCUT2D eigenvalue weighted by molar-refractivity contribution is 6.30. The third-order valence-electron chi connectivity index (χ3n) is 5.65. The lowest BCUT2D eigenvalue weighted by molar-refractivity contribution is 0.0897. The van der Waals surface area contributed by atoms with Crippen LogP contribution in [-0.2, 0) is 0 Å². The Morgan fingerprint density at radius 1 is 1.10 bits per heavy atom. The molecular formula is C24H25ClN2O3. The minimum Gasteiger partial charge on any atom is -0.451 e. The van der Waals surface area contributed by atoms with Crippen LogP contribution in [-0.4, -0.2) is 30.4 Å². The van der Waals surface area contributed by atoms with E-state index in [0.717, 1.165) is 37.1 Å². The molecule has 0 unspecified atom stereocenters. The Morgan fingerprint density at radius 3 is 2.57 bits per heavy atom. The van der Waals surface area contributed by atoms with Gasteiger partial charge in [-0.05, 0) is 68.2 Å². The molecule has 3 aromatic rings. The van der Waals surface area contributed by atoms with E-state index < -0.39 is 0 Å². The van der Waals surface area contributed by atoms with E-state index in [0.29, 0.717) is 22.5 Å². The molecule has 1 aromatic heterocycles. The van der Waals surface area contributed by atoms with Crippen LogP contribution in [0, 0.1) is 6.92 Å². The zero-order valence-corrected chi connectivity index (χ0v) is 17.7. The van der Waals surface area contributed by atoms with Crippen molar-refractivity contribution in [2.45, 2.75) is 32.2 Å². The predicted molar refractivity (Wildman–Crippen MR) is 119 cm³/mol. The highest BCUT2D eigenvalue weighted by atomic mass is 35.5. The Hall–Kier alpha value is -2.63. The summed E-state index contributed by atoms with van der Waals surface area (Å²) in [6.45, 7) is 4.33. The van der Waals surface area contributed by atoms with E-state index in [2.05, 4.69) is 10.2 Å². The molecule has 0 spiro atoms. The lowest BCUT2D eigenvalue weighted by Gasteiger charge is -2.35. The third kappa shape index (κ3) is 4.58. The van der Waals surface area contributed by atoms with Gasteiger partial charge in [0.05, 0.1) is 11.4 Å². The smallest absolute Gasteiger partial charge is 0.287 e. The van der Waals surface area contributed by atoms with Crippen LogP contribution in [0.2, 0.25) is 5.02 Å². The largest absolute Gasteiger partial charge is 0.451 e. The molecule has 6 heteroatoms. The maximum absolute atomic E-state index is 12.8. The number of halogens is 1. The number of aryl methyl sites for hydroxylation is 1. The fourth-order valence-electron chi connectivity index (χ4n) is 4.02. The fraction of sp³-hybridized carbons (Fsp3) is 0.333. The number of nitrogens with zero attached hydrogens (tertiary/aromatic N) is 1. The molecule has 1 saturated heterocycles. The first-order valence-electron chi connectivity index (χ1n) is 10.3. The van der Waals surface area contributed by atoms with E-state index in [1.54, 1.807) is 12.1 Å². The number of amides is 1. The minimum absolute atomic E-state index is 0.0339. The maximum atomic E-state index is 12.8. The van der Waals surface area contributed by atoms with E-state index >= 15 is 0 Å². The zero-order valence-electron chi connectivity index (χ0n) is 17.0. The second-order valence-corrected chi connectivity index (χ2v) is 8.28. The van der Waals surface area contributed by atoms with Crippen molar-refractivity contribution >= 4 is 28.5 Å². The topological polar surface area (TPSA) is 62.6 Å². The third-order valence-corrected chi connectivity index (χ3v) is 5.90. The highest BCUT2D eigenvalue weighted by Crippen LogP contribution is 2.25. The monoisotopic (exact) mass is 424 g/mol. The molecule has 1 N–H and O–H groups in total. The summed E-state index contributed by atoms with van der Waals surface area (Å²) in [5.41, 5.74) is 2.29. The van der Waals surface area contributed by atoms with Gasteiger partial charge in [0, 0.05) is 17.6 Å². The number of benzene rings is 2. The van der Waals surface area contributed by atoms with Crippen LogP contribution >= 0.6 is 11.6 Å². The van der Waals surface area contributed by atoms with Gasteiger partial charge in [0.1, 0.15) is 5.58 Å². The first-order valence-corrected chi connectivity index (χ1v) is 10.7. The maximum Gasteiger partial charge on any atom is 0.287 e. The zero-order chi connectivity index (χ0) is 21.1. The number of hydrogen-bond acceptors (Lipinski definition) is 4. The van der Waals surface area contributed by atoms with Crippen LogP contribution in [0.15, 0.2) is 57.7 Å². The van der Waals surface area contributed by atoms with Crippen molar-refractivity contribution in [2.75, 3.05) is 19.6 Å². The number of piperidine rings is 1. The molecule has 1 fully saturated rings. The summed E-state index contributed by atoms with van der Waals surface area (Å²) >= 11 is 6.06. The van der Waals surface area contributed by atoms with Crippen molar-refractivity contribution < 1.29 is 9.21 Å². The first-order chi connectivity index (χ1) is 14.5. The molecule has 5 nitrogen and oxygen atoms in total. The summed E-state index contributed by atoms with van der Waals surface area (Å²) in [6.07, 6.45) is 3.53.